The number of rotatable bonds is 1. The molecule has 1 aliphatic carbocycles. The molecule has 5 aromatic carbocycles. The van der Waals surface area contributed by atoms with Crippen LogP contribution < -0.4 is 10.9 Å². The van der Waals surface area contributed by atoms with E-state index in [0.717, 1.165) is 0 Å². The minimum atomic E-state index is -0.186. The summed E-state index contributed by atoms with van der Waals surface area (Å²) in [4.78, 5) is 0. The fraction of sp³-hybridized carbons (Fsp3) is 0.250. The number of nitrogens with zero attached hydrogens (tertiary/aromatic N) is 1. The van der Waals surface area contributed by atoms with Crippen molar-refractivity contribution in [2.24, 2.45) is 0 Å². The molecule has 1 aliphatic heterocycles. The van der Waals surface area contributed by atoms with E-state index in [2.05, 4.69) is 156 Å². The molecule has 2 aliphatic rings. The van der Waals surface area contributed by atoms with Gasteiger partial charge < -0.3 is 4.48 Å². The third kappa shape index (κ3) is 3.16. The number of hydrogen-bond acceptors (Lipinski definition) is 0. The highest BCUT2D eigenvalue weighted by molar-refractivity contribution is 6.86. The molecule has 1 atom stereocenters. The third-order valence-corrected chi connectivity index (χ3v) is 10.2. The molecule has 0 saturated heterocycles. The minimum absolute atomic E-state index is 0.00883. The van der Waals surface area contributed by atoms with Gasteiger partial charge in [0.2, 0.25) is 0 Å². The smallest absolute Gasteiger partial charge is 0.328 e. The average molecular weight is 544 g/mol. The molecule has 2 heterocycles. The Balaban J connectivity index is 1.61. The highest BCUT2D eigenvalue weighted by Gasteiger charge is 2.50. The molecule has 0 N–H and O–H groups in total. The number of fused-ring (bicyclic) bond motifs is 8. The summed E-state index contributed by atoms with van der Waals surface area (Å²) in [5.74, 6) is 0. The van der Waals surface area contributed by atoms with E-state index in [-0.39, 0.29) is 23.1 Å². The molecule has 206 valence electrons. The van der Waals surface area contributed by atoms with Crippen LogP contribution in [-0.4, -0.2) is 11.3 Å². The van der Waals surface area contributed by atoms with Gasteiger partial charge in [0.1, 0.15) is 0 Å². The lowest BCUT2D eigenvalue weighted by atomic mass is 9.41. The van der Waals surface area contributed by atoms with Crippen molar-refractivity contribution in [2.75, 3.05) is 0 Å². The van der Waals surface area contributed by atoms with Gasteiger partial charge in [-0.15, -0.1) is 0 Å². The van der Waals surface area contributed by atoms with E-state index in [1.54, 1.807) is 0 Å². The highest BCUT2D eigenvalue weighted by atomic mass is 14.9. The third-order valence-electron chi connectivity index (χ3n) is 10.2. The van der Waals surface area contributed by atoms with Gasteiger partial charge in [0.05, 0.1) is 0 Å². The first-order valence-corrected chi connectivity index (χ1v) is 15.4. The normalized spacial score (nSPS) is 17.5. The topological polar surface area (TPSA) is 4.93 Å². The van der Waals surface area contributed by atoms with Gasteiger partial charge in [0.15, 0.2) is 0 Å². The lowest BCUT2D eigenvalue weighted by molar-refractivity contribution is 0.592. The maximum absolute atomic E-state index is 2.75. The summed E-state index contributed by atoms with van der Waals surface area (Å²) in [5, 5.41) is 2.70. The fourth-order valence-corrected chi connectivity index (χ4v) is 8.41. The van der Waals surface area contributed by atoms with Crippen LogP contribution in [0.15, 0.2) is 103 Å². The lowest BCUT2D eigenvalue weighted by Gasteiger charge is -2.40. The van der Waals surface area contributed by atoms with Gasteiger partial charge in [-0.05, 0) is 67.6 Å². The van der Waals surface area contributed by atoms with Crippen LogP contribution in [0.25, 0.3) is 32.9 Å². The van der Waals surface area contributed by atoms with Gasteiger partial charge in [-0.2, -0.15) is 0 Å². The molecule has 0 bridgehead atoms. The molecule has 2 heteroatoms. The second-order valence-electron chi connectivity index (χ2n) is 14.7. The Morgan fingerprint density at radius 2 is 1.02 bits per heavy atom. The van der Waals surface area contributed by atoms with Gasteiger partial charge >= 0.3 is 6.85 Å². The molecular formula is C40H38BN. The van der Waals surface area contributed by atoms with Crippen molar-refractivity contribution >= 4 is 39.6 Å². The van der Waals surface area contributed by atoms with Gasteiger partial charge in [0.25, 0.3) is 0 Å². The molecule has 42 heavy (non-hydrogen) atoms. The number of para-hydroxylation sites is 2. The van der Waals surface area contributed by atoms with Gasteiger partial charge in [-0.1, -0.05) is 145 Å². The quantitative estimate of drug-likeness (QED) is 0.183. The minimum Gasteiger partial charge on any atom is -0.375 e. The van der Waals surface area contributed by atoms with Crippen molar-refractivity contribution < 1.29 is 0 Å². The zero-order chi connectivity index (χ0) is 29.2. The van der Waals surface area contributed by atoms with Crippen LogP contribution in [0.5, 0.6) is 0 Å². The summed E-state index contributed by atoms with van der Waals surface area (Å²) in [6.07, 6.45) is 0. The molecule has 1 unspecified atom stereocenters. The van der Waals surface area contributed by atoms with Gasteiger partial charge in [-0.3, -0.25) is 0 Å². The van der Waals surface area contributed by atoms with E-state index < -0.39 is 0 Å². The Morgan fingerprint density at radius 3 is 1.64 bits per heavy atom. The van der Waals surface area contributed by atoms with Crippen LogP contribution in [0, 0.1) is 0 Å². The van der Waals surface area contributed by atoms with Crippen LogP contribution in [0.2, 0.25) is 0 Å². The number of aromatic nitrogens is 1. The van der Waals surface area contributed by atoms with Crippen LogP contribution in [0.4, 0.5) is 0 Å². The summed E-state index contributed by atoms with van der Waals surface area (Å²) in [7, 11) is 0. The van der Waals surface area contributed by atoms with E-state index in [9.17, 15) is 0 Å². The van der Waals surface area contributed by atoms with E-state index in [1.165, 1.54) is 71.7 Å². The summed E-state index contributed by atoms with van der Waals surface area (Å²) >= 11 is 0. The van der Waals surface area contributed by atoms with Gasteiger partial charge in [-0.25, -0.2) is 0 Å². The summed E-state index contributed by atoms with van der Waals surface area (Å²) in [5.41, 5.74) is 15.3. The monoisotopic (exact) mass is 543 g/mol. The van der Waals surface area contributed by atoms with Crippen molar-refractivity contribution in [1.29, 1.82) is 0 Å². The summed E-state index contributed by atoms with van der Waals surface area (Å²) in [6.45, 7) is 16.7. The van der Waals surface area contributed by atoms with Crippen molar-refractivity contribution in [3.63, 3.8) is 0 Å². The van der Waals surface area contributed by atoms with Crippen molar-refractivity contribution in [1.82, 2.24) is 4.48 Å². The Kier molecular flexibility index (Phi) is 5.06. The van der Waals surface area contributed by atoms with Crippen molar-refractivity contribution in [2.45, 2.75) is 64.7 Å². The first-order chi connectivity index (χ1) is 20.0. The molecule has 0 spiro atoms. The van der Waals surface area contributed by atoms with Crippen molar-refractivity contribution in [3.05, 3.63) is 131 Å². The van der Waals surface area contributed by atoms with Crippen LogP contribution in [0.3, 0.4) is 0 Å². The maximum atomic E-state index is 2.75. The second kappa shape index (κ2) is 8.29. The molecule has 1 aromatic heterocycles. The Hall–Kier alpha value is -4.04. The first-order valence-electron chi connectivity index (χ1n) is 15.4. The number of benzene rings is 5. The molecule has 0 saturated carbocycles. The molecule has 1 nitrogen and oxygen atoms in total. The number of hydrogen-bond donors (Lipinski definition) is 0. The SMILES string of the molecule is CC(C)(C)c1cccc2c3cccc(C(C)(C)C)c3n(B3c4ccccc4C4(C)c5ccccc5-c5cccc3c54)c12. The Bertz CT molecular complexity index is 2010. The molecule has 0 amide bonds. The Morgan fingerprint density at radius 1 is 0.524 bits per heavy atom. The zero-order valence-electron chi connectivity index (χ0n) is 25.8. The second-order valence-corrected chi connectivity index (χ2v) is 14.7. The molecular weight excluding hydrogens is 505 g/mol. The van der Waals surface area contributed by atoms with E-state index in [4.69, 9.17) is 0 Å². The van der Waals surface area contributed by atoms with E-state index >= 15 is 0 Å². The molecule has 0 fully saturated rings. The average Bonchev–Trinajstić information content (AvgIpc) is 3.44. The van der Waals surface area contributed by atoms with Gasteiger partial charge in [0, 0.05) is 27.2 Å². The summed E-state index contributed by atoms with van der Waals surface area (Å²) < 4.78 is 2.75. The fourth-order valence-electron chi connectivity index (χ4n) is 8.41. The standard InChI is InChI=1S/C40H38BN/c1-38(2,3)31-21-12-17-27-28-18-13-22-32(39(4,5)6)37(28)42(36(27)31)41-33-23-11-10-20-30(33)40(7)29-19-9-8-15-25(29)26-16-14-24-34(41)35(26)40/h8-24H,1-7H3. The maximum Gasteiger partial charge on any atom is 0.328 e. The molecule has 6 aromatic rings. The predicted octanol–water partition coefficient (Wildman–Crippen LogP) is 8.69. The van der Waals surface area contributed by atoms with E-state index in [1.807, 2.05) is 0 Å². The van der Waals surface area contributed by atoms with Crippen LogP contribution >= 0.6 is 0 Å². The van der Waals surface area contributed by atoms with Crippen LogP contribution in [0.1, 0.15) is 76.3 Å². The zero-order valence-corrected chi connectivity index (χ0v) is 25.8. The predicted molar refractivity (Wildman–Crippen MR) is 181 cm³/mol. The largest absolute Gasteiger partial charge is 0.375 e. The van der Waals surface area contributed by atoms with E-state index in [0.29, 0.717) is 0 Å². The first kappa shape index (κ1) is 25.7. The molecule has 8 rings (SSSR count). The molecule has 0 radical (unpaired) electrons. The lowest BCUT2D eigenvalue weighted by Crippen LogP contribution is -2.58. The highest BCUT2D eigenvalue weighted by Crippen LogP contribution is 2.53. The summed E-state index contributed by atoms with van der Waals surface area (Å²) in [6, 6.07) is 39.4. The van der Waals surface area contributed by atoms with Crippen molar-refractivity contribution in [3.8, 4) is 11.1 Å². The van der Waals surface area contributed by atoms with Crippen LogP contribution in [-0.2, 0) is 16.2 Å². The Labute approximate surface area is 250 Å².